The van der Waals surface area contributed by atoms with Crippen LogP contribution in [0, 0.1) is 6.92 Å². The van der Waals surface area contributed by atoms with Crippen LogP contribution in [-0.2, 0) is 23.0 Å². The predicted molar refractivity (Wildman–Crippen MR) is 98.6 cm³/mol. The molecule has 140 valence electrons. The van der Waals surface area contributed by atoms with Crippen molar-refractivity contribution < 1.29 is 22.6 Å². The van der Waals surface area contributed by atoms with Crippen LogP contribution < -0.4 is 14.2 Å². The van der Waals surface area contributed by atoms with Crippen molar-refractivity contribution in [2.45, 2.75) is 24.8 Å². The number of rotatable bonds is 5. The van der Waals surface area contributed by atoms with Crippen molar-refractivity contribution in [2.75, 3.05) is 27.9 Å². The van der Waals surface area contributed by atoms with Crippen molar-refractivity contribution in [3.8, 4) is 17.2 Å². The van der Waals surface area contributed by atoms with Crippen molar-refractivity contribution in [3.05, 3.63) is 47.0 Å². The van der Waals surface area contributed by atoms with E-state index in [1.54, 1.807) is 46.5 Å². The fraction of sp³-hybridized carbons (Fsp3) is 0.368. The average molecular weight is 377 g/mol. The van der Waals surface area contributed by atoms with Gasteiger partial charge < -0.3 is 14.2 Å². The van der Waals surface area contributed by atoms with Gasteiger partial charge in [0.1, 0.15) is 5.75 Å². The van der Waals surface area contributed by atoms with Crippen LogP contribution in [0.25, 0.3) is 0 Å². The highest BCUT2D eigenvalue weighted by Crippen LogP contribution is 2.35. The minimum Gasteiger partial charge on any atom is -0.497 e. The fourth-order valence-corrected chi connectivity index (χ4v) is 4.86. The summed E-state index contributed by atoms with van der Waals surface area (Å²) in [5.41, 5.74) is 2.69. The maximum absolute atomic E-state index is 13.1. The van der Waals surface area contributed by atoms with Gasteiger partial charge in [-0.2, -0.15) is 4.31 Å². The lowest BCUT2D eigenvalue weighted by Crippen LogP contribution is -2.36. The lowest BCUT2D eigenvalue weighted by atomic mass is 10.0. The maximum atomic E-state index is 13.1. The Balaban J connectivity index is 1.94. The Hall–Kier alpha value is -2.25. The zero-order valence-corrected chi connectivity index (χ0v) is 16.2. The summed E-state index contributed by atoms with van der Waals surface area (Å²) in [4.78, 5) is 0.308. The first-order valence-corrected chi connectivity index (χ1v) is 9.73. The SMILES string of the molecule is COc1ccc(S(=O)(=O)N2CCc3cc(OC)c(OC)cc3C2)c(C)c1. The van der Waals surface area contributed by atoms with Gasteiger partial charge in [-0.05, 0) is 60.4 Å². The van der Waals surface area contributed by atoms with Crippen LogP contribution in [0.4, 0.5) is 0 Å². The Morgan fingerprint density at radius 2 is 1.58 bits per heavy atom. The Morgan fingerprint density at radius 1 is 0.923 bits per heavy atom. The van der Waals surface area contributed by atoms with E-state index in [2.05, 4.69) is 0 Å². The molecule has 0 N–H and O–H groups in total. The van der Waals surface area contributed by atoms with Gasteiger partial charge in [0.05, 0.1) is 26.2 Å². The molecule has 6 nitrogen and oxygen atoms in total. The van der Waals surface area contributed by atoms with Crippen molar-refractivity contribution in [3.63, 3.8) is 0 Å². The lowest BCUT2D eigenvalue weighted by molar-refractivity contribution is 0.348. The van der Waals surface area contributed by atoms with Crippen LogP contribution in [0.2, 0.25) is 0 Å². The molecule has 0 aromatic heterocycles. The van der Waals surface area contributed by atoms with Gasteiger partial charge in [0, 0.05) is 13.1 Å². The molecule has 0 saturated heterocycles. The number of fused-ring (bicyclic) bond motifs is 1. The molecule has 1 aliphatic rings. The molecular formula is C19H23NO5S. The topological polar surface area (TPSA) is 65.1 Å². The second-order valence-corrected chi connectivity index (χ2v) is 8.10. The highest BCUT2D eigenvalue weighted by molar-refractivity contribution is 7.89. The van der Waals surface area contributed by atoms with E-state index in [1.807, 2.05) is 12.1 Å². The third kappa shape index (κ3) is 3.24. The summed E-state index contributed by atoms with van der Waals surface area (Å²) >= 11 is 0. The Kier molecular flexibility index (Phi) is 5.11. The van der Waals surface area contributed by atoms with E-state index in [1.165, 1.54) is 4.31 Å². The minimum atomic E-state index is -3.59. The van der Waals surface area contributed by atoms with Crippen molar-refractivity contribution in [1.29, 1.82) is 0 Å². The van der Waals surface area contributed by atoms with Crippen LogP contribution in [0.1, 0.15) is 16.7 Å². The van der Waals surface area contributed by atoms with Crippen molar-refractivity contribution in [2.24, 2.45) is 0 Å². The molecule has 7 heteroatoms. The monoisotopic (exact) mass is 377 g/mol. The fourth-order valence-electron chi connectivity index (χ4n) is 3.24. The van der Waals surface area contributed by atoms with Gasteiger partial charge in [0.25, 0.3) is 0 Å². The van der Waals surface area contributed by atoms with Crippen LogP contribution in [-0.4, -0.2) is 40.6 Å². The standard InChI is InChI=1S/C19H23NO5S/c1-13-9-16(23-2)5-6-19(13)26(21,22)20-8-7-14-10-17(24-3)18(25-4)11-15(14)12-20/h5-6,9-11H,7-8,12H2,1-4H3. The van der Waals surface area contributed by atoms with E-state index in [4.69, 9.17) is 14.2 Å². The first-order valence-electron chi connectivity index (χ1n) is 8.29. The second-order valence-electron chi connectivity index (χ2n) is 6.20. The summed E-state index contributed by atoms with van der Waals surface area (Å²) in [7, 11) is 1.14. The number of methoxy groups -OCH3 is 3. The highest BCUT2D eigenvalue weighted by Gasteiger charge is 2.30. The molecule has 0 saturated carbocycles. The number of ether oxygens (including phenoxy) is 3. The Labute approximate surface area is 154 Å². The molecule has 1 aliphatic heterocycles. The number of benzene rings is 2. The maximum Gasteiger partial charge on any atom is 0.243 e. The minimum absolute atomic E-state index is 0.308. The largest absolute Gasteiger partial charge is 0.497 e. The highest BCUT2D eigenvalue weighted by atomic mass is 32.2. The van der Waals surface area contributed by atoms with Gasteiger partial charge in [-0.25, -0.2) is 8.42 Å². The first-order chi connectivity index (χ1) is 12.4. The normalized spacial score (nSPS) is 14.6. The zero-order valence-electron chi connectivity index (χ0n) is 15.4. The molecule has 0 amide bonds. The molecule has 0 aliphatic carbocycles. The number of aryl methyl sites for hydroxylation is 1. The Morgan fingerprint density at radius 3 is 2.15 bits per heavy atom. The molecule has 2 aromatic carbocycles. The lowest BCUT2D eigenvalue weighted by Gasteiger charge is -2.29. The summed E-state index contributed by atoms with van der Waals surface area (Å²) in [6.45, 7) is 2.51. The zero-order chi connectivity index (χ0) is 18.9. The Bertz CT molecular complexity index is 924. The molecule has 2 aromatic rings. The molecule has 0 fully saturated rings. The van der Waals surface area contributed by atoms with Gasteiger partial charge >= 0.3 is 0 Å². The van der Waals surface area contributed by atoms with E-state index >= 15 is 0 Å². The first kappa shape index (κ1) is 18.5. The molecule has 0 radical (unpaired) electrons. The number of sulfonamides is 1. The van der Waals surface area contributed by atoms with E-state index in [0.717, 1.165) is 11.1 Å². The summed E-state index contributed by atoms with van der Waals surface area (Å²) in [5, 5.41) is 0. The van der Waals surface area contributed by atoms with Gasteiger partial charge in [0.2, 0.25) is 10.0 Å². The van der Waals surface area contributed by atoms with Crippen LogP contribution >= 0.6 is 0 Å². The van der Waals surface area contributed by atoms with Gasteiger partial charge in [0.15, 0.2) is 11.5 Å². The van der Waals surface area contributed by atoms with E-state index in [0.29, 0.717) is 47.2 Å². The van der Waals surface area contributed by atoms with Crippen molar-refractivity contribution in [1.82, 2.24) is 4.31 Å². The van der Waals surface area contributed by atoms with E-state index in [-0.39, 0.29) is 0 Å². The van der Waals surface area contributed by atoms with Gasteiger partial charge in [-0.15, -0.1) is 0 Å². The average Bonchev–Trinajstić information content (AvgIpc) is 2.65. The van der Waals surface area contributed by atoms with Gasteiger partial charge in [-0.3, -0.25) is 0 Å². The summed E-state index contributed by atoms with van der Waals surface area (Å²) in [6.07, 6.45) is 0.629. The third-order valence-corrected chi connectivity index (χ3v) is 6.69. The van der Waals surface area contributed by atoms with E-state index in [9.17, 15) is 8.42 Å². The molecule has 0 spiro atoms. The molecule has 0 atom stereocenters. The summed E-state index contributed by atoms with van der Waals surface area (Å²) < 4.78 is 43.6. The number of hydrogen-bond donors (Lipinski definition) is 0. The molecule has 26 heavy (non-hydrogen) atoms. The van der Waals surface area contributed by atoms with Gasteiger partial charge in [-0.1, -0.05) is 0 Å². The quantitative estimate of drug-likeness (QED) is 0.802. The second kappa shape index (κ2) is 7.17. The van der Waals surface area contributed by atoms with Crippen LogP contribution in [0.3, 0.4) is 0 Å². The van der Waals surface area contributed by atoms with Crippen molar-refractivity contribution >= 4 is 10.0 Å². The summed E-state index contributed by atoms with van der Waals surface area (Å²) in [6, 6.07) is 8.80. The smallest absolute Gasteiger partial charge is 0.243 e. The molecule has 0 bridgehead atoms. The molecule has 3 rings (SSSR count). The van der Waals surface area contributed by atoms with Crippen LogP contribution in [0.15, 0.2) is 35.2 Å². The predicted octanol–water partition coefficient (Wildman–Crippen LogP) is 2.77. The third-order valence-electron chi connectivity index (χ3n) is 4.68. The van der Waals surface area contributed by atoms with Crippen LogP contribution in [0.5, 0.6) is 17.2 Å². The molecular weight excluding hydrogens is 354 g/mol. The molecule has 0 unspecified atom stereocenters. The summed E-state index contributed by atoms with van der Waals surface area (Å²) in [5.74, 6) is 1.90. The number of hydrogen-bond acceptors (Lipinski definition) is 5. The molecule has 1 heterocycles. The number of nitrogens with zero attached hydrogens (tertiary/aromatic N) is 1. The van der Waals surface area contributed by atoms with E-state index < -0.39 is 10.0 Å².